The van der Waals surface area contributed by atoms with E-state index in [4.69, 9.17) is 32.7 Å². The van der Waals surface area contributed by atoms with Gasteiger partial charge in [0.2, 0.25) is 11.9 Å². The minimum Gasteiger partial charge on any atom is -0.495 e. The lowest BCUT2D eigenvalue weighted by atomic mass is 10.1. The molecule has 5 rings (SSSR count). The molecule has 2 aromatic heterocycles. The summed E-state index contributed by atoms with van der Waals surface area (Å²) in [5.74, 6) is 2.62. The first kappa shape index (κ1) is 34.8. The van der Waals surface area contributed by atoms with Gasteiger partial charge in [0, 0.05) is 45.4 Å². The zero-order valence-electron chi connectivity index (χ0n) is 26.7. The van der Waals surface area contributed by atoms with E-state index in [0.29, 0.717) is 73.6 Å². The van der Waals surface area contributed by atoms with Crippen LogP contribution in [0.2, 0.25) is 10.0 Å². The van der Waals surface area contributed by atoms with E-state index in [0.717, 1.165) is 12.8 Å². The summed E-state index contributed by atoms with van der Waals surface area (Å²) in [6, 6.07) is 10.6. The van der Waals surface area contributed by atoms with Gasteiger partial charge in [-0.3, -0.25) is 9.59 Å². The van der Waals surface area contributed by atoms with E-state index < -0.39 is 0 Å². The number of hydrogen-bond donors (Lipinski definition) is 5. The molecule has 0 saturated heterocycles. The number of nitrogens with zero attached hydrogens (tertiary/aromatic N) is 5. The average Bonchev–Trinajstić information content (AvgIpc) is 3.90. The van der Waals surface area contributed by atoms with Crippen molar-refractivity contribution in [3.05, 3.63) is 70.0 Å². The molecule has 248 valence electrons. The molecule has 0 spiro atoms. The Morgan fingerprint density at radius 3 is 1.68 bits per heavy atom. The van der Waals surface area contributed by atoms with Gasteiger partial charge in [0.15, 0.2) is 0 Å². The minimum absolute atomic E-state index is 0.0948. The number of hydrogen-bond acceptors (Lipinski definition) is 12. The van der Waals surface area contributed by atoms with E-state index in [1.165, 1.54) is 24.4 Å². The van der Waals surface area contributed by atoms with Crippen LogP contribution in [0, 0.1) is 0 Å². The Kier molecular flexibility index (Phi) is 11.8. The van der Waals surface area contributed by atoms with Crippen LogP contribution in [0.3, 0.4) is 0 Å². The Morgan fingerprint density at radius 2 is 1.26 bits per heavy atom. The van der Waals surface area contributed by atoms with Crippen molar-refractivity contribution in [1.29, 1.82) is 0 Å². The number of rotatable bonds is 11. The predicted molar refractivity (Wildman–Crippen MR) is 184 cm³/mol. The van der Waals surface area contributed by atoms with Crippen LogP contribution in [-0.4, -0.2) is 85.1 Å². The van der Waals surface area contributed by atoms with Gasteiger partial charge < -0.3 is 41.0 Å². The van der Waals surface area contributed by atoms with Crippen molar-refractivity contribution in [3.8, 4) is 11.5 Å². The highest BCUT2D eigenvalue weighted by molar-refractivity contribution is 6.33. The molecule has 0 bridgehead atoms. The number of halogens is 2. The maximum atomic E-state index is 12.1. The summed E-state index contributed by atoms with van der Waals surface area (Å²) in [7, 11) is 9.92. The van der Waals surface area contributed by atoms with Crippen LogP contribution in [0.5, 0.6) is 11.5 Å². The molecule has 2 aromatic carbocycles. The lowest BCUT2D eigenvalue weighted by Crippen LogP contribution is -2.25. The second-order valence-electron chi connectivity index (χ2n) is 10.3. The number of aromatic nitrogens is 4. The van der Waals surface area contributed by atoms with E-state index in [1.807, 2.05) is 0 Å². The summed E-state index contributed by atoms with van der Waals surface area (Å²) < 4.78 is 10.7. The lowest BCUT2D eigenvalue weighted by Gasteiger charge is -2.14. The first-order chi connectivity index (χ1) is 22.6. The van der Waals surface area contributed by atoms with Crippen molar-refractivity contribution in [3.63, 3.8) is 0 Å². The van der Waals surface area contributed by atoms with E-state index in [2.05, 4.69) is 46.5 Å². The summed E-state index contributed by atoms with van der Waals surface area (Å²) in [5.41, 5.74) is 2.39. The van der Waals surface area contributed by atoms with Gasteiger partial charge in [-0.15, -0.1) is 0 Å². The molecule has 4 aromatic rings. The summed E-state index contributed by atoms with van der Waals surface area (Å²) >= 11 is 11.9. The van der Waals surface area contributed by atoms with Gasteiger partial charge in [0.1, 0.15) is 33.2 Å². The minimum atomic E-state index is -0.102. The number of nitrogens with one attached hydrogen (secondary N) is 5. The molecule has 1 aliphatic rings. The maximum absolute atomic E-state index is 12.1. The summed E-state index contributed by atoms with van der Waals surface area (Å²) in [6.07, 6.45) is 5.10. The summed E-state index contributed by atoms with van der Waals surface area (Å²) in [4.78, 5) is 42.4. The van der Waals surface area contributed by atoms with E-state index >= 15 is 0 Å². The smallest absolute Gasteiger partial charge is 0.253 e. The number of anilines is 6. The van der Waals surface area contributed by atoms with Crippen LogP contribution in [0.25, 0.3) is 0 Å². The first-order valence-electron chi connectivity index (χ1n) is 14.4. The van der Waals surface area contributed by atoms with Crippen molar-refractivity contribution in [2.45, 2.75) is 18.9 Å². The van der Waals surface area contributed by atoms with Crippen molar-refractivity contribution in [2.75, 3.05) is 63.7 Å². The standard InChI is InChI=1S/C16H18ClN5O2.C15H18ClN5O2/c1-18-14-11(17)8-19-16(22-14)21-12-6-3-9(7-13(12)24-2)15(23)20-10-4-5-10;1-17-13-10(16)8-18-15(20-13)19-11-6-5-9(7-12(11)23-4)14(22)21(2)3/h3,6-8,10H,4-5H2,1-2H3,(H,20,23)(H2,18,19,21,22);5-8H,1-4H3,(H2,17,18,19,20). The number of carbonyl (C=O) groups excluding carboxylic acids is 2. The van der Waals surface area contributed by atoms with E-state index in [1.54, 1.807) is 71.7 Å². The van der Waals surface area contributed by atoms with E-state index in [-0.39, 0.29) is 11.8 Å². The quantitative estimate of drug-likeness (QED) is 0.136. The molecule has 0 radical (unpaired) electrons. The molecule has 2 amide bonds. The van der Waals surface area contributed by atoms with Crippen LogP contribution in [0.15, 0.2) is 48.8 Å². The third-order valence-corrected chi connectivity index (χ3v) is 7.24. The van der Waals surface area contributed by atoms with Gasteiger partial charge in [0.25, 0.3) is 11.8 Å². The van der Waals surface area contributed by atoms with Crippen molar-refractivity contribution in [2.24, 2.45) is 0 Å². The Hall–Kier alpha value is -5.08. The highest BCUT2D eigenvalue weighted by atomic mass is 35.5. The van der Waals surface area contributed by atoms with Gasteiger partial charge in [0.05, 0.1) is 38.0 Å². The number of methoxy groups -OCH3 is 2. The van der Waals surface area contributed by atoms with Gasteiger partial charge in [-0.2, -0.15) is 9.97 Å². The summed E-state index contributed by atoms with van der Waals surface area (Å²) in [5, 5.41) is 15.7. The molecule has 2 heterocycles. The normalized spacial score (nSPS) is 11.7. The molecule has 14 nitrogen and oxygen atoms in total. The van der Waals surface area contributed by atoms with Crippen molar-refractivity contribution in [1.82, 2.24) is 30.2 Å². The molecular formula is C31H36Cl2N10O4. The molecule has 5 N–H and O–H groups in total. The molecule has 1 saturated carbocycles. The van der Waals surface area contributed by atoms with Crippen LogP contribution in [0.1, 0.15) is 33.6 Å². The Balaban J connectivity index is 0.000000213. The fraction of sp³-hybridized carbons (Fsp3) is 0.290. The van der Waals surface area contributed by atoms with Crippen molar-refractivity contribution < 1.29 is 19.1 Å². The fourth-order valence-electron chi connectivity index (χ4n) is 4.06. The van der Waals surface area contributed by atoms with Gasteiger partial charge in [-0.1, -0.05) is 23.2 Å². The summed E-state index contributed by atoms with van der Waals surface area (Å²) in [6.45, 7) is 0. The zero-order chi connectivity index (χ0) is 34.1. The Bertz CT molecular complexity index is 1740. The highest BCUT2D eigenvalue weighted by Gasteiger charge is 2.24. The third kappa shape index (κ3) is 9.24. The Labute approximate surface area is 282 Å². The number of benzene rings is 2. The highest BCUT2D eigenvalue weighted by Crippen LogP contribution is 2.31. The number of carbonyl (C=O) groups is 2. The molecule has 0 atom stereocenters. The van der Waals surface area contributed by atoms with Gasteiger partial charge in [-0.25, -0.2) is 9.97 Å². The molecular weight excluding hydrogens is 647 g/mol. The number of ether oxygens (including phenoxy) is 2. The van der Waals surface area contributed by atoms with Crippen LogP contribution < -0.4 is 36.1 Å². The molecule has 1 fully saturated rings. The zero-order valence-corrected chi connectivity index (χ0v) is 28.2. The molecule has 0 aliphatic heterocycles. The first-order valence-corrected chi connectivity index (χ1v) is 15.2. The van der Waals surface area contributed by atoms with Crippen molar-refractivity contribution >= 4 is 69.9 Å². The largest absolute Gasteiger partial charge is 0.495 e. The fourth-order valence-corrected chi connectivity index (χ4v) is 4.44. The molecule has 16 heteroatoms. The van der Waals surface area contributed by atoms with Crippen LogP contribution >= 0.6 is 23.2 Å². The maximum Gasteiger partial charge on any atom is 0.253 e. The monoisotopic (exact) mass is 682 g/mol. The average molecular weight is 684 g/mol. The molecule has 1 aliphatic carbocycles. The lowest BCUT2D eigenvalue weighted by molar-refractivity contribution is 0.0827. The van der Waals surface area contributed by atoms with Gasteiger partial charge in [-0.05, 0) is 49.2 Å². The second-order valence-corrected chi connectivity index (χ2v) is 11.1. The van der Waals surface area contributed by atoms with E-state index in [9.17, 15) is 9.59 Å². The molecule has 0 unspecified atom stereocenters. The Morgan fingerprint density at radius 1 is 0.787 bits per heavy atom. The van der Waals surface area contributed by atoms with Gasteiger partial charge >= 0.3 is 0 Å². The van der Waals surface area contributed by atoms with Crippen LogP contribution in [0.4, 0.5) is 34.9 Å². The topological polar surface area (TPSA) is 168 Å². The predicted octanol–water partition coefficient (Wildman–Crippen LogP) is 5.44. The SMILES string of the molecule is CNc1nc(Nc2ccc(C(=O)N(C)C)cc2OC)ncc1Cl.CNc1nc(Nc2ccc(C(=O)NC3CC3)cc2OC)ncc1Cl. The third-order valence-electron chi connectivity index (χ3n) is 6.69. The number of amides is 2. The molecule has 47 heavy (non-hydrogen) atoms. The van der Waals surface area contributed by atoms with Crippen LogP contribution in [-0.2, 0) is 0 Å². The second kappa shape index (κ2) is 16.0.